The number of para-hydroxylation sites is 1. The highest BCUT2D eigenvalue weighted by Crippen LogP contribution is 2.45. The summed E-state index contributed by atoms with van der Waals surface area (Å²) < 4.78 is 18.9. The van der Waals surface area contributed by atoms with Crippen molar-refractivity contribution in [3.63, 3.8) is 0 Å². The molecule has 0 aromatic heterocycles. The van der Waals surface area contributed by atoms with Crippen molar-refractivity contribution in [3.05, 3.63) is 95.3 Å². The van der Waals surface area contributed by atoms with Crippen molar-refractivity contribution in [2.45, 2.75) is 12.1 Å². The Morgan fingerprint density at radius 1 is 1.04 bits per heavy atom. The zero-order valence-electron chi connectivity index (χ0n) is 14.7. The number of rotatable bonds is 4. The van der Waals surface area contributed by atoms with E-state index < -0.39 is 17.3 Å². The van der Waals surface area contributed by atoms with Crippen LogP contribution in [0.15, 0.2) is 72.8 Å². The van der Waals surface area contributed by atoms with Crippen molar-refractivity contribution in [3.8, 4) is 5.75 Å². The second-order valence-corrected chi connectivity index (χ2v) is 6.48. The van der Waals surface area contributed by atoms with Gasteiger partial charge in [-0.15, -0.1) is 0 Å². The highest BCUT2D eigenvalue weighted by atomic mass is 19.1. The van der Waals surface area contributed by atoms with Crippen molar-refractivity contribution in [2.24, 2.45) is 0 Å². The monoisotopic (exact) mass is 363 g/mol. The van der Waals surface area contributed by atoms with Crippen LogP contribution in [0.3, 0.4) is 0 Å². The van der Waals surface area contributed by atoms with E-state index in [4.69, 9.17) is 4.74 Å². The van der Waals surface area contributed by atoms with Gasteiger partial charge in [-0.05, 0) is 35.9 Å². The van der Waals surface area contributed by atoms with Crippen molar-refractivity contribution < 1.29 is 19.0 Å². The first-order chi connectivity index (χ1) is 13.0. The van der Waals surface area contributed by atoms with Crippen molar-refractivity contribution >= 4 is 11.6 Å². The van der Waals surface area contributed by atoms with Crippen molar-refractivity contribution in [1.82, 2.24) is 0 Å². The van der Waals surface area contributed by atoms with Crippen LogP contribution in [-0.4, -0.2) is 18.1 Å². The first kappa shape index (κ1) is 17.2. The highest BCUT2D eigenvalue weighted by molar-refractivity contribution is 6.09. The summed E-state index contributed by atoms with van der Waals surface area (Å²) in [6.45, 7) is 0.289. The molecule has 1 atom stereocenters. The molecule has 0 saturated heterocycles. The van der Waals surface area contributed by atoms with Crippen LogP contribution >= 0.6 is 0 Å². The largest absolute Gasteiger partial charge is 0.497 e. The molecule has 0 spiro atoms. The molecule has 136 valence electrons. The summed E-state index contributed by atoms with van der Waals surface area (Å²) in [5.74, 6) is -0.270. The summed E-state index contributed by atoms with van der Waals surface area (Å²) >= 11 is 0. The normalized spacial score (nSPS) is 18.5. The smallest absolute Gasteiger partial charge is 0.268 e. The number of methoxy groups -OCH3 is 1. The van der Waals surface area contributed by atoms with Crippen LogP contribution in [0.25, 0.3) is 0 Å². The molecule has 5 heteroatoms. The molecule has 1 N–H and O–H groups in total. The molecule has 27 heavy (non-hydrogen) atoms. The molecule has 0 radical (unpaired) electrons. The molecule has 1 amide bonds. The van der Waals surface area contributed by atoms with Crippen LogP contribution in [0, 0.1) is 5.82 Å². The third-order valence-electron chi connectivity index (χ3n) is 4.88. The number of carbonyl (C=O) groups is 1. The Morgan fingerprint density at radius 3 is 2.48 bits per heavy atom. The van der Waals surface area contributed by atoms with Gasteiger partial charge >= 0.3 is 0 Å². The van der Waals surface area contributed by atoms with Crippen LogP contribution in [0.4, 0.5) is 10.1 Å². The third-order valence-corrected chi connectivity index (χ3v) is 4.88. The van der Waals surface area contributed by atoms with Gasteiger partial charge in [-0.2, -0.15) is 0 Å². The molecule has 1 aliphatic rings. The minimum Gasteiger partial charge on any atom is -0.497 e. The number of amides is 1. The second-order valence-electron chi connectivity index (χ2n) is 6.48. The Morgan fingerprint density at radius 2 is 1.78 bits per heavy atom. The molecule has 4 rings (SSSR count). The standard InChI is InChI=1S/C22H18FNO3/c1-27-18-11-9-15(10-12-18)14-24-20-8-3-2-7-19(20)22(26,21(24)25)16-5-4-6-17(23)13-16/h2-13,26H,14H2,1H3. The highest BCUT2D eigenvalue weighted by Gasteiger charge is 2.50. The number of fused-ring (bicyclic) bond motifs is 1. The topological polar surface area (TPSA) is 49.8 Å². The molecule has 0 fully saturated rings. The Kier molecular flexibility index (Phi) is 4.16. The van der Waals surface area contributed by atoms with Crippen LogP contribution in [0.1, 0.15) is 16.7 Å². The van der Waals surface area contributed by atoms with Gasteiger partial charge in [0.15, 0.2) is 5.60 Å². The number of halogens is 1. The van der Waals surface area contributed by atoms with Gasteiger partial charge in [-0.1, -0.05) is 42.5 Å². The van der Waals surface area contributed by atoms with E-state index in [0.29, 0.717) is 11.3 Å². The first-order valence-corrected chi connectivity index (χ1v) is 8.57. The van der Waals surface area contributed by atoms with Gasteiger partial charge in [-0.25, -0.2) is 4.39 Å². The molecule has 1 aliphatic heterocycles. The lowest BCUT2D eigenvalue weighted by molar-refractivity contribution is -0.132. The Balaban J connectivity index is 1.77. The number of aliphatic hydroxyl groups is 1. The number of ether oxygens (including phenoxy) is 1. The fourth-order valence-electron chi connectivity index (χ4n) is 3.50. The van der Waals surface area contributed by atoms with Gasteiger partial charge in [0.05, 0.1) is 19.3 Å². The van der Waals surface area contributed by atoms with Gasteiger partial charge in [0.25, 0.3) is 5.91 Å². The molecule has 1 unspecified atom stereocenters. The number of hydrogen-bond acceptors (Lipinski definition) is 3. The fraction of sp³-hybridized carbons (Fsp3) is 0.136. The minimum atomic E-state index is -1.91. The first-order valence-electron chi connectivity index (χ1n) is 8.57. The van der Waals surface area contributed by atoms with Crippen LogP contribution in [0.5, 0.6) is 5.75 Å². The quantitative estimate of drug-likeness (QED) is 0.770. The average Bonchev–Trinajstić information content (AvgIpc) is 2.92. The number of nitrogens with zero attached hydrogens (tertiary/aromatic N) is 1. The van der Waals surface area contributed by atoms with E-state index in [2.05, 4.69) is 0 Å². The number of carbonyl (C=O) groups excluding carboxylic acids is 1. The van der Waals surface area contributed by atoms with Gasteiger partial charge in [-0.3, -0.25) is 4.79 Å². The summed E-state index contributed by atoms with van der Waals surface area (Å²) in [6.07, 6.45) is 0. The molecule has 0 aliphatic carbocycles. The summed E-state index contributed by atoms with van der Waals surface area (Å²) in [4.78, 5) is 14.8. The molecule has 3 aromatic rings. The van der Waals surface area contributed by atoms with Crippen LogP contribution in [0.2, 0.25) is 0 Å². The molecule has 0 bridgehead atoms. The Bertz CT molecular complexity index is 1000. The summed E-state index contributed by atoms with van der Waals surface area (Å²) in [6, 6.07) is 20.0. The Hall–Kier alpha value is -3.18. The Labute approximate surface area is 156 Å². The van der Waals surface area contributed by atoms with Crippen LogP contribution in [-0.2, 0) is 16.9 Å². The molecule has 0 saturated carbocycles. The van der Waals surface area contributed by atoms with Gasteiger partial charge in [0, 0.05) is 11.1 Å². The number of benzene rings is 3. The van der Waals surface area contributed by atoms with E-state index in [0.717, 1.165) is 11.3 Å². The molecule has 4 nitrogen and oxygen atoms in total. The van der Waals surface area contributed by atoms with Crippen molar-refractivity contribution in [2.75, 3.05) is 12.0 Å². The lowest BCUT2D eigenvalue weighted by Gasteiger charge is -2.24. The maximum absolute atomic E-state index is 13.8. The lowest BCUT2D eigenvalue weighted by Crippen LogP contribution is -2.40. The van der Waals surface area contributed by atoms with Crippen molar-refractivity contribution in [1.29, 1.82) is 0 Å². The average molecular weight is 363 g/mol. The summed E-state index contributed by atoms with van der Waals surface area (Å²) in [7, 11) is 1.59. The molecular weight excluding hydrogens is 345 g/mol. The zero-order valence-corrected chi connectivity index (χ0v) is 14.7. The van der Waals surface area contributed by atoms with Crippen LogP contribution < -0.4 is 9.64 Å². The summed E-state index contributed by atoms with van der Waals surface area (Å²) in [5.41, 5.74) is 0.268. The van der Waals surface area contributed by atoms with Gasteiger partial charge < -0.3 is 14.7 Å². The maximum Gasteiger partial charge on any atom is 0.268 e. The molecule has 3 aromatic carbocycles. The fourth-order valence-corrected chi connectivity index (χ4v) is 3.50. The van der Waals surface area contributed by atoms with E-state index in [1.165, 1.54) is 23.1 Å². The second kappa shape index (κ2) is 6.52. The lowest BCUT2D eigenvalue weighted by atomic mass is 9.87. The van der Waals surface area contributed by atoms with Gasteiger partial charge in [0.1, 0.15) is 11.6 Å². The van der Waals surface area contributed by atoms with E-state index in [1.54, 1.807) is 31.4 Å². The van der Waals surface area contributed by atoms with E-state index in [1.807, 2.05) is 30.3 Å². The number of anilines is 1. The van der Waals surface area contributed by atoms with E-state index in [9.17, 15) is 14.3 Å². The third kappa shape index (κ3) is 2.76. The van der Waals surface area contributed by atoms with Gasteiger partial charge in [0.2, 0.25) is 0 Å². The predicted octanol–water partition coefficient (Wildman–Crippen LogP) is 3.62. The SMILES string of the molecule is COc1ccc(CN2C(=O)C(O)(c3cccc(F)c3)c3ccccc32)cc1. The van der Waals surface area contributed by atoms with E-state index >= 15 is 0 Å². The molecular formula is C22H18FNO3. The predicted molar refractivity (Wildman–Crippen MR) is 100 cm³/mol. The number of hydrogen-bond donors (Lipinski definition) is 1. The maximum atomic E-state index is 13.8. The summed E-state index contributed by atoms with van der Waals surface area (Å²) in [5, 5.41) is 11.4. The molecule has 1 heterocycles. The zero-order chi connectivity index (χ0) is 19.0. The minimum absolute atomic E-state index is 0.220. The van der Waals surface area contributed by atoms with E-state index in [-0.39, 0.29) is 12.1 Å².